The second-order valence-electron chi connectivity index (χ2n) is 21.0. The van der Waals surface area contributed by atoms with Gasteiger partial charge in [0.15, 0.2) is 0 Å². The summed E-state index contributed by atoms with van der Waals surface area (Å²) in [6.07, 6.45) is 55.5. The van der Waals surface area contributed by atoms with E-state index in [1.165, 1.54) is 231 Å². The van der Waals surface area contributed by atoms with E-state index < -0.39 is 20.0 Å². The molecule has 2 N–H and O–H groups in total. The highest BCUT2D eigenvalue weighted by Crippen LogP contribution is 2.38. The van der Waals surface area contributed by atoms with Crippen LogP contribution in [0.5, 0.6) is 0 Å². The third kappa shape index (κ3) is 49.4. The minimum atomic E-state index is -4.57. The Morgan fingerprint density at radius 1 is 0.484 bits per heavy atom. The van der Waals surface area contributed by atoms with E-state index in [0.717, 1.165) is 38.5 Å². The largest absolute Gasteiger partial charge is 0.756 e. The Labute approximate surface area is 399 Å². The number of likely N-dealkylation sites (N-methyl/N-ethyl adjacent to an activating group) is 1. The van der Waals surface area contributed by atoms with E-state index in [9.17, 15) is 19.4 Å². The number of nitrogens with zero attached hydrogens (tertiary/aromatic N) is 1. The van der Waals surface area contributed by atoms with Gasteiger partial charge in [0.1, 0.15) is 13.2 Å². The number of rotatable bonds is 53. The summed E-state index contributed by atoms with van der Waals surface area (Å²) in [6.45, 7) is 4.78. The van der Waals surface area contributed by atoms with Gasteiger partial charge in [-0.05, 0) is 12.8 Å². The van der Waals surface area contributed by atoms with E-state index in [-0.39, 0.29) is 19.1 Å². The van der Waals surface area contributed by atoms with Gasteiger partial charge in [-0.1, -0.05) is 277 Å². The Morgan fingerprint density at radius 2 is 0.766 bits per heavy atom. The van der Waals surface area contributed by atoms with Gasteiger partial charge in [-0.25, -0.2) is 0 Å². The van der Waals surface area contributed by atoms with E-state index in [0.29, 0.717) is 23.9 Å². The van der Waals surface area contributed by atoms with Gasteiger partial charge in [0, 0.05) is 6.42 Å². The number of amides is 1. The average molecular weight is 929 g/mol. The van der Waals surface area contributed by atoms with Gasteiger partial charge >= 0.3 is 0 Å². The second kappa shape index (κ2) is 47.6. The van der Waals surface area contributed by atoms with Gasteiger partial charge in [-0.3, -0.25) is 9.36 Å². The van der Waals surface area contributed by atoms with Crippen molar-refractivity contribution in [3.8, 4) is 0 Å². The summed E-state index contributed by atoms with van der Waals surface area (Å²) in [6, 6.07) is -0.795. The number of carbonyl (C=O) groups excluding carboxylic acids is 1. The van der Waals surface area contributed by atoms with Gasteiger partial charge in [-0.15, -0.1) is 0 Å². The van der Waals surface area contributed by atoms with Crippen LogP contribution in [0.3, 0.4) is 0 Å². The number of aliphatic hydroxyl groups excluding tert-OH is 1. The molecule has 1 amide bonds. The van der Waals surface area contributed by atoms with Gasteiger partial charge < -0.3 is 28.8 Å². The molecule has 3 unspecified atom stereocenters. The predicted molar refractivity (Wildman–Crippen MR) is 275 cm³/mol. The average Bonchev–Trinajstić information content (AvgIpc) is 3.25. The minimum absolute atomic E-state index is 0.0166. The quantitative estimate of drug-likeness (QED) is 0.0357. The van der Waals surface area contributed by atoms with Gasteiger partial charge in [0.25, 0.3) is 7.82 Å². The Kier molecular flexibility index (Phi) is 47.2. The van der Waals surface area contributed by atoms with E-state index in [4.69, 9.17) is 9.05 Å². The molecule has 0 saturated heterocycles. The van der Waals surface area contributed by atoms with Crippen LogP contribution < -0.4 is 10.2 Å². The van der Waals surface area contributed by atoms with Crippen molar-refractivity contribution in [3.05, 3.63) is 0 Å². The maximum atomic E-state index is 13.0. The number of phosphoric acid groups is 1. The molecule has 9 heteroatoms. The molecule has 0 aromatic rings. The molecule has 0 rings (SSSR count). The molecule has 0 bridgehead atoms. The molecule has 0 fully saturated rings. The standard InChI is InChI=1S/C55H113N2O6P/c1-6-8-10-12-14-16-18-20-22-24-26-28-30-32-34-36-38-40-42-44-46-48-54(58)53(52-63-64(60,61)62-51-50-57(3,4)5)56-55(59)49-47-45-43-41-39-37-35-33-31-29-27-25-23-21-19-17-15-13-11-9-7-2/h53-54,58H,6-52H2,1-5H3,(H-,56,59,60,61). The topological polar surface area (TPSA) is 108 Å². The van der Waals surface area contributed by atoms with Crippen LogP contribution in [0.1, 0.15) is 296 Å². The van der Waals surface area contributed by atoms with Crippen LogP contribution in [0.15, 0.2) is 0 Å². The summed E-state index contributed by atoms with van der Waals surface area (Å²) >= 11 is 0. The van der Waals surface area contributed by atoms with Crippen molar-refractivity contribution in [2.45, 2.75) is 309 Å². The molecule has 0 saturated carbocycles. The lowest BCUT2D eigenvalue weighted by atomic mass is 10.0. The van der Waals surface area contributed by atoms with Crippen LogP contribution >= 0.6 is 7.82 Å². The smallest absolute Gasteiger partial charge is 0.268 e. The van der Waals surface area contributed by atoms with Crippen molar-refractivity contribution >= 4 is 13.7 Å². The maximum absolute atomic E-state index is 13.0. The number of nitrogens with one attached hydrogen (secondary N) is 1. The first kappa shape index (κ1) is 63.5. The molecule has 0 heterocycles. The highest BCUT2D eigenvalue weighted by atomic mass is 31.2. The van der Waals surface area contributed by atoms with Crippen molar-refractivity contribution in [2.24, 2.45) is 0 Å². The lowest BCUT2D eigenvalue weighted by molar-refractivity contribution is -0.870. The lowest BCUT2D eigenvalue weighted by Gasteiger charge is -2.30. The highest BCUT2D eigenvalue weighted by molar-refractivity contribution is 7.45. The molecule has 64 heavy (non-hydrogen) atoms. The zero-order valence-electron chi connectivity index (χ0n) is 43.8. The van der Waals surface area contributed by atoms with Crippen molar-refractivity contribution in [3.63, 3.8) is 0 Å². The van der Waals surface area contributed by atoms with Crippen LogP contribution in [-0.2, 0) is 18.4 Å². The summed E-state index contributed by atoms with van der Waals surface area (Å²) in [7, 11) is 1.32. The number of phosphoric ester groups is 1. The lowest BCUT2D eigenvalue weighted by Crippen LogP contribution is -2.46. The minimum Gasteiger partial charge on any atom is -0.756 e. The highest BCUT2D eigenvalue weighted by Gasteiger charge is 2.24. The monoisotopic (exact) mass is 929 g/mol. The fourth-order valence-corrected chi connectivity index (χ4v) is 9.59. The molecule has 384 valence electrons. The van der Waals surface area contributed by atoms with Crippen LogP contribution in [0.2, 0.25) is 0 Å². The van der Waals surface area contributed by atoms with E-state index in [2.05, 4.69) is 19.2 Å². The Morgan fingerprint density at radius 3 is 1.06 bits per heavy atom. The molecule has 8 nitrogen and oxygen atoms in total. The summed E-state index contributed by atoms with van der Waals surface area (Å²) in [5.74, 6) is -0.157. The third-order valence-electron chi connectivity index (χ3n) is 13.3. The number of hydrogen-bond acceptors (Lipinski definition) is 6. The van der Waals surface area contributed by atoms with Gasteiger partial charge in [-0.2, -0.15) is 0 Å². The van der Waals surface area contributed by atoms with Gasteiger partial charge in [0.05, 0.1) is 39.9 Å². The molecule has 0 spiro atoms. The van der Waals surface area contributed by atoms with Gasteiger partial charge in [0.2, 0.25) is 5.91 Å². The number of hydrogen-bond donors (Lipinski definition) is 2. The van der Waals surface area contributed by atoms with Crippen molar-refractivity contribution in [1.29, 1.82) is 0 Å². The Balaban J connectivity index is 4.15. The fraction of sp³-hybridized carbons (Fsp3) is 0.982. The zero-order valence-corrected chi connectivity index (χ0v) is 44.7. The molecule has 0 aliphatic rings. The first-order chi connectivity index (χ1) is 31.0. The Bertz CT molecular complexity index is 1010. The SMILES string of the molecule is CCCCCCCCCCCCCCCCCCCCCCCC(=O)NC(COP(=O)([O-])OCC[N+](C)(C)C)C(O)CCCCCCCCCCCCCCCCCCCCCCC. The number of quaternary nitrogens is 1. The molecular weight excluding hydrogens is 816 g/mol. The molecule has 0 radical (unpaired) electrons. The Hall–Kier alpha value is -0.500. The number of carbonyl (C=O) groups is 1. The first-order valence-electron chi connectivity index (χ1n) is 28.4. The summed E-state index contributed by atoms with van der Waals surface area (Å²) in [4.78, 5) is 25.5. The maximum Gasteiger partial charge on any atom is 0.268 e. The number of aliphatic hydroxyl groups is 1. The van der Waals surface area contributed by atoms with Crippen molar-refractivity contribution in [2.75, 3.05) is 40.9 Å². The zero-order chi connectivity index (χ0) is 47.1. The second-order valence-corrected chi connectivity index (χ2v) is 22.4. The molecule has 3 atom stereocenters. The van der Waals surface area contributed by atoms with Crippen LogP contribution in [-0.4, -0.2) is 68.5 Å². The summed E-state index contributed by atoms with van der Waals surface area (Å²) in [5.41, 5.74) is 0. The van der Waals surface area contributed by atoms with E-state index >= 15 is 0 Å². The predicted octanol–water partition coefficient (Wildman–Crippen LogP) is 16.2. The molecule has 0 aromatic carbocycles. The van der Waals surface area contributed by atoms with E-state index in [1.807, 2.05) is 21.1 Å². The van der Waals surface area contributed by atoms with E-state index in [1.54, 1.807) is 0 Å². The molecule has 0 aliphatic carbocycles. The molecule has 0 aliphatic heterocycles. The fourth-order valence-electron chi connectivity index (χ4n) is 8.87. The molecule has 0 aromatic heterocycles. The van der Waals surface area contributed by atoms with Crippen LogP contribution in [0.4, 0.5) is 0 Å². The normalized spacial score (nSPS) is 13.9. The van der Waals surface area contributed by atoms with Crippen LogP contribution in [0.25, 0.3) is 0 Å². The summed E-state index contributed by atoms with van der Waals surface area (Å²) in [5, 5.41) is 14.0. The third-order valence-corrected chi connectivity index (χ3v) is 14.3. The van der Waals surface area contributed by atoms with Crippen LogP contribution in [0, 0.1) is 0 Å². The number of unbranched alkanes of at least 4 members (excludes halogenated alkanes) is 40. The molecular formula is C55H113N2O6P. The van der Waals surface area contributed by atoms with Crippen molar-refractivity contribution in [1.82, 2.24) is 5.32 Å². The van der Waals surface area contributed by atoms with Crippen molar-refractivity contribution < 1.29 is 32.9 Å². The first-order valence-corrected chi connectivity index (χ1v) is 29.8. The summed E-state index contributed by atoms with van der Waals surface area (Å²) < 4.78 is 23.4.